The van der Waals surface area contributed by atoms with Crippen molar-refractivity contribution in [1.29, 1.82) is 0 Å². The molecule has 0 amide bonds. The largest absolute Gasteiger partial charge is 0.487 e. The Kier molecular flexibility index (Phi) is 5.05. The number of fused-ring (bicyclic) bond motifs is 1. The van der Waals surface area contributed by atoms with E-state index in [1.165, 1.54) is 0 Å². The van der Waals surface area contributed by atoms with Gasteiger partial charge < -0.3 is 14.8 Å². The molecule has 1 aliphatic heterocycles. The number of aryl methyl sites for hydroxylation is 3. The summed E-state index contributed by atoms with van der Waals surface area (Å²) in [5, 5.41) is 12.3. The molecule has 9 heteroatoms. The minimum Gasteiger partial charge on any atom is -0.487 e. The van der Waals surface area contributed by atoms with Gasteiger partial charge in [-0.1, -0.05) is 0 Å². The second kappa shape index (κ2) is 7.90. The van der Waals surface area contributed by atoms with E-state index in [4.69, 9.17) is 9.47 Å². The Bertz CT molecular complexity index is 1250. The molecule has 0 aromatic carbocycles. The summed E-state index contributed by atoms with van der Waals surface area (Å²) in [6.45, 7) is 7.22. The summed E-state index contributed by atoms with van der Waals surface area (Å²) in [6.07, 6.45) is 5.78. The zero-order chi connectivity index (χ0) is 22.3. The molecule has 1 fully saturated rings. The Morgan fingerprint density at radius 3 is 2.84 bits per heavy atom. The zero-order valence-corrected chi connectivity index (χ0v) is 18.8. The molecule has 0 radical (unpaired) electrons. The first kappa shape index (κ1) is 20.4. The summed E-state index contributed by atoms with van der Waals surface area (Å²) >= 11 is 0. The molecule has 1 atom stereocenters. The van der Waals surface area contributed by atoms with Gasteiger partial charge in [-0.2, -0.15) is 10.2 Å². The third-order valence-corrected chi connectivity index (χ3v) is 5.70. The second-order valence-electron chi connectivity index (χ2n) is 8.55. The van der Waals surface area contributed by atoms with E-state index < -0.39 is 0 Å². The van der Waals surface area contributed by atoms with E-state index in [1.54, 1.807) is 6.20 Å². The highest BCUT2D eigenvalue weighted by atomic mass is 16.5. The van der Waals surface area contributed by atoms with Crippen LogP contribution in [0.25, 0.3) is 16.8 Å². The maximum Gasteiger partial charge on any atom is 0.165 e. The summed E-state index contributed by atoms with van der Waals surface area (Å²) in [6, 6.07) is 7.98. The third kappa shape index (κ3) is 4.03. The number of hydrogen-bond donors (Lipinski definition) is 1. The molecule has 0 spiro atoms. The van der Waals surface area contributed by atoms with Crippen molar-refractivity contribution in [2.45, 2.75) is 39.2 Å². The number of ether oxygens (including phenoxy) is 2. The van der Waals surface area contributed by atoms with Crippen LogP contribution >= 0.6 is 0 Å². The quantitative estimate of drug-likeness (QED) is 0.494. The minimum absolute atomic E-state index is 0.235. The lowest BCUT2D eigenvalue weighted by atomic mass is 10.0. The third-order valence-electron chi connectivity index (χ3n) is 5.70. The average Bonchev–Trinajstić information content (AvgIpc) is 3.43. The maximum absolute atomic E-state index is 6.16. The molecule has 1 unspecified atom stereocenters. The smallest absolute Gasteiger partial charge is 0.165 e. The van der Waals surface area contributed by atoms with E-state index >= 15 is 0 Å². The van der Waals surface area contributed by atoms with Crippen LogP contribution in [-0.2, 0) is 11.8 Å². The first-order valence-electron chi connectivity index (χ1n) is 10.8. The number of nitrogens with zero attached hydrogens (tertiary/aromatic N) is 6. The molecule has 4 aromatic heterocycles. The first-order chi connectivity index (χ1) is 15.4. The molecule has 0 aliphatic carbocycles. The normalized spacial score (nSPS) is 18.4. The van der Waals surface area contributed by atoms with Gasteiger partial charge in [0.25, 0.3) is 0 Å². The predicted molar refractivity (Wildman–Crippen MR) is 121 cm³/mol. The van der Waals surface area contributed by atoms with E-state index in [-0.39, 0.29) is 5.60 Å². The summed E-state index contributed by atoms with van der Waals surface area (Å²) in [7, 11) is 1.92. The van der Waals surface area contributed by atoms with Crippen molar-refractivity contribution in [3.63, 3.8) is 0 Å². The van der Waals surface area contributed by atoms with Gasteiger partial charge in [0.1, 0.15) is 23.9 Å². The van der Waals surface area contributed by atoms with Crippen LogP contribution in [0.5, 0.6) is 5.75 Å². The van der Waals surface area contributed by atoms with Crippen molar-refractivity contribution in [2.75, 3.05) is 18.5 Å². The molecule has 4 aromatic rings. The Balaban J connectivity index is 1.41. The van der Waals surface area contributed by atoms with E-state index in [0.29, 0.717) is 12.4 Å². The molecule has 5 rings (SSSR count). The van der Waals surface area contributed by atoms with E-state index in [1.807, 2.05) is 54.5 Å². The summed E-state index contributed by atoms with van der Waals surface area (Å²) < 4.78 is 15.7. The Morgan fingerprint density at radius 1 is 1.19 bits per heavy atom. The van der Waals surface area contributed by atoms with Gasteiger partial charge in [-0.05, 0) is 45.7 Å². The van der Waals surface area contributed by atoms with Crippen molar-refractivity contribution >= 4 is 17.2 Å². The summed E-state index contributed by atoms with van der Waals surface area (Å²) in [5.74, 6) is 2.91. The van der Waals surface area contributed by atoms with Gasteiger partial charge in [-0.3, -0.25) is 4.68 Å². The Labute approximate surface area is 186 Å². The lowest BCUT2D eigenvalue weighted by Crippen LogP contribution is -2.31. The number of pyridine rings is 1. The van der Waals surface area contributed by atoms with Crippen LogP contribution in [0, 0.1) is 13.8 Å². The van der Waals surface area contributed by atoms with E-state index in [0.717, 1.165) is 59.3 Å². The second-order valence-corrected chi connectivity index (χ2v) is 8.55. The minimum atomic E-state index is -0.235. The summed E-state index contributed by atoms with van der Waals surface area (Å²) in [5.41, 5.74) is 3.55. The first-order valence-corrected chi connectivity index (χ1v) is 10.8. The van der Waals surface area contributed by atoms with Crippen molar-refractivity contribution in [1.82, 2.24) is 29.4 Å². The van der Waals surface area contributed by atoms with Gasteiger partial charge in [-0.25, -0.2) is 14.5 Å². The average molecular weight is 434 g/mol. The highest BCUT2D eigenvalue weighted by Crippen LogP contribution is 2.33. The topological polar surface area (TPSA) is 91.4 Å². The molecule has 0 bridgehead atoms. The van der Waals surface area contributed by atoms with Gasteiger partial charge in [0.15, 0.2) is 11.6 Å². The molecule has 5 heterocycles. The van der Waals surface area contributed by atoms with E-state index in [9.17, 15) is 0 Å². The molecule has 1 saturated heterocycles. The molecular formula is C23H27N7O2. The molecule has 32 heavy (non-hydrogen) atoms. The van der Waals surface area contributed by atoms with Crippen LogP contribution < -0.4 is 10.1 Å². The molecule has 0 saturated carbocycles. The van der Waals surface area contributed by atoms with Gasteiger partial charge in [0.2, 0.25) is 0 Å². The fourth-order valence-electron chi connectivity index (χ4n) is 4.15. The lowest BCUT2D eigenvalue weighted by Gasteiger charge is -2.23. The van der Waals surface area contributed by atoms with Crippen LogP contribution in [0.15, 0.2) is 36.7 Å². The number of nitrogens with one attached hydrogen (secondary N) is 1. The number of hydrogen-bond acceptors (Lipinski definition) is 7. The van der Waals surface area contributed by atoms with Crippen LogP contribution in [0.1, 0.15) is 31.3 Å². The van der Waals surface area contributed by atoms with Crippen LogP contribution in [0.2, 0.25) is 0 Å². The highest BCUT2D eigenvalue weighted by Gasteiger charge is 2.31. The highest BCUT2D eigenvalue weighted by molar-refractivity contribution is 5.72. The van der Waals surface area contributed by atoms with Crippen molar-refractivity contribution < 1.29 is 9.47 Å². The zero-order valence-electron chi connectivity index (χ0n) is 18.8. The van der Waals surface area contributed by atoms with Crippen LogP contribution in [0.4, 0.5) is 11.6 Å². The molecular weight excluding hydrogens is 406 g/mol. The Morgan fingerprint density at radius 2 is 2.06 bits per heavy atom. The predicted octanol–water partition coefficient (Wildman–Crippen LogP) is 3.83. The number of anilines is 2. The molecule has 1 aliphatic rings. The fourth-order valence-corrected chi connectivity index (χ4v) is 4.15. The van der Waals surface area contributed by atoms with Crippen molar-refractivity contribution in [3.8, 4) is 17.0 Å². The van der Waals surface area contributed by atoms with Gasteiger partial charge in [0.05, 0.1) is 17.3 Å². The maximum atomic E-state index is 6.16. The monoisotopic (exact) mass is 433 g/mol. The number of aromatic nitrogens is 6. The molecule has 1 N–H and O–H groups in total. The van der Waals surface area contributed by atoms with Gasteiger partial charge in [-0.15, -0.1) is 0 Å². The molecule has 166 valence electrons. The SMILES string of the molecule is Cc1cc(Nc2cc3cc(-c4c(OCC5(C)CCCO5)cnn4C)ccn3n2)nc(C)n1. The fraction of sp³-hybridized carbons (Fsp3) is 0.391. The van der Waals surface area contributed by atoms with Crippen molar-refractivity contribution in [2.24, 2.45) is 7.05 Å². The van der Waals surface area contributed by atoms with Crippen LogP contribution in [-0.4, -0.2) is 48.2 Å². The van der Waals surface area contributed by atoms with Gasteiger partial charge in [0, 0.05) is 43.2 Å². The molecule has 9 nitrogen and oxygen atoms in total. The van der Waals surface area contributed by atoms with Gasteiger partial charge >= 0.3 is 0 Å². The number of rotatable bonds is 6. The Hall–Kier alpha value is -3.46. The van der Waals surface area contributed by atoms with Crippen molar-refractivity contribution in [3.05, 3.63) is 48.2 Å². The van der Waals surface area contributed by atoms with E-state index in [2.05, 4.69) is 38.5 Å². The lowest BCUT2D eigenvalue weighted by molar-refractivity contribution is -0.0157. The van der Waals surface area contributed by atoms with Crippen LogP contribution in [0.3, 0.4) is 0 Å². The summed E-state index contributed by atoms with van der Waals surface area (Å²) in [4.78, 5) is 8.74. The standard InChI is InChI=1S/C23H27N7O2/c1-15-10-20(26-16(2)25-15)27-21-12-18-11-17(6-8-30(18)28-21)22-19(13-24-29(22)4)31-14-23(3)7-5-9-32-23/h6,8,10-13H,5,7,9,14H2,1-4H3,(H,25,26,27,28).